The van der Waals surface area contributed by atoms with E-state index in [4.69, 9.17) is 4.74 Å². The molecule has 1 heterocycles. The number of benzene rings is 1. The lowest BCUT2D eigenvalue weighted by Gasteiger charge is -2.06. The highest BCUT2D eigenvalue weighted by atomic mass is 79.9. The monoisotopic (exact) mass is 280 g/mol. The van der Waals surface area contributed by atoms with Gasteiger partial charge in [-0.2, -0.15) is 0 Å². The summed E-state index contributed by atoms with van der Waals surface area (Å²) in [5.41, 5.74) is 1.13. The number of halogens is 1. The number of imidazole rings is 1. The molecular weight excluding hydrogens is 268 g/mol. The smallest absolute Gasteiger partial charge is 0.146 e. The lowest BCUT2D eigenvalue weighted by molar-refractivity contribution is 0.291. The Morgan fingerprint density at radius 3 is 2.56 bits per heavy atom. The van der Waals surface area contributed by atoms with Gasteiger partial charge in [0.25, 0.3) is 0 Å². The Labute approximate surface area is 103 Å². The van der Waals surface area contributed by atoms with Crippen LogP contribution in [-0.4, -0.2) is 9.55 Å². The fourth-order valence-corrected chi connectivity index (χ4v) is 1.62. The van der Waals surface area contributed by atoms with Gasteiger partial charge >= 0.3 is 0 Å². The number of hydrogen-bond acceptors (Lipinski definition) is 2. The van der Waals surface area contributed by atoms with Gasteiger partial charge in [-0.3, -0.25) is 0 Å². The van der Waals surface area contributed by atoms with Gasteiger partial charge in [-0.05, 0) is 31.2 Å². The van der Waals surface area contributed by atoms with Crippen molar-refractivity contribution in [2.24, 2.45) is 7.05 Å². The molecule has 3 nitrogen and oxygen atoms in total. The van der Waals surface area contributed by atoms with E-state index in [9.17, 15) is 0 Å². The molecule has 1 aromatic heterocycles. The number of aryl methyl sites for hydroxylation is 1. The minimum Gasteiger partial charge on any atom is -0.486 e. The molecular formula is C12H13BrN2O. The molecule has 1 aromatic carbocycles. The van der Waals surface area contributed by atoms with Gasteiger partial charge in [0.05, 0.1) is 0 Å². The molecule has 0 bridgehead atoms. The minimum atomic E-state index is 0.492. The van der Waals surface area contributed by atoms with Crippen LogP contribution in [0.15, 0.2) is 34.9 Å². The van der Waals surface area contributed by atoms with Crippen LogP contribution in [0.5, 0.6) is 5.75 Å². The second-order valence-electron chi connectivity index (χ2n) is 3.62. The standard InChI is InChI=1S/C12H13BrN2O/c1-9-7-14-12(15(9)2)8-16-11-5-3-10(13)4-6-11/h3-7H,8H2,1-2H3. The Kier molecular flexibility index (Phi) is 3.29. The quantitative estimate of drug-likeness (QED) is 0.864. The van der Waals surface area contributed by atoms with Crippen LogP contribution in [0.2, 0.25) is 0 Å². The molecule has 4 heteroatoms. The summed E-state index contributed by atoms with van der Waals surface area (Å²) in [5, 5.41) is 0. The third-order valence-corrected chi connectivity index (χ3v) is 3.03. The first-order chi connectivity index (χ1) is 7.66. The Morgan fingerprint density at radius 1 is 1.31 bits per heavy atom. The van der Waals surface area contributed by atoms with Gasteiger partial charge in [0.1, 0.15) is 18.2 Å². The van der Waals surface area contributed by atoms with Crippen LogP contribution in [0.25, 0.3) is 0 Å². The highest BCUT2D eigenvalue weighted by Gasteiger charge is 2.03. The Bertz CT molecular complexity index is 476. The summed E-state index contributed by atoms with van der Waals surface area (Å²) in [6.07, 6.45) is 1.85. The van der Waals surface area contributed by atoms with Crippen LogP contribution in [0, 0.1) is 6.92 Å². The predicted octanol–water partition coefficient (Wildman–Crippen LogP) is 3.07. The van der Waals surface area contributed by atoms with Crippen LogP contribution in [-0.2, 0) is 13.7 Å². The average Bonchev–Trinajstić information content (AvgIpc) is 2.60. The number of ether oxygens (including phenoxy) is 1. The fraction of sp³-hybridized carbons (Fsp3) is 0.250. The molecule has 2 aromatic rings. The van der Waals surface area contributed by atoms with E-state index in [0.717, 1.165) is 21.7 Å². The van der Waals surface area contributed by atoms with Gasteiger partial charge in [-0.1, -0.05) is 15.9 Å². The largest absolute Gasteiger partial charge is 0.486 e. The third-order valence-electron chi connectivity index (χ3n) is 2.50. The normalized spacial score (nSPS) is 10.4. The van der Waals surface area contributed by atoms with Crippen molar-refractivity contribution in [1.29, 1.82) is 0 Å². The zero-order chi connectivity index (χ0) is 11.5. The molecule has 0 saturated heterocycles. The maximum Gasteiger partial charge on any atom is 0.146 e. The first-order valence-electron chi connectivity index (χ1n) is 5.02. The second kappa shape index (κ2) is 4.70. The van der Waals surface area contributed by atoms with E-state index in [-0.39, 0.29) is 0 Å². The number of aromatic nitrogens is 2. The lowest BCUT2D eigenvalue weighted by Crippen LogP contribution is -2.04. The highest BCUT2D eigenvalue weighted by molar-refractivity contribution is 9.10. The summed E-state index contributed by atoms with van der Waals surface area (Å²) in [6, 6.07) is 7.78. The van der Waals surface area contributed by atoms with Gasteiger partial charge in [-0.25, -0.2) is 4.98 Å². The first-order valence-corrected chi connectivity index (χ1v) is 5.81. The van der Waals surface area contributed by atoms with Crippen molar-refractivity contribution in [2.45, 2.75) is 13.5 Å². The fourth-order valence-electron chi connectivity index (χ4n) is 1.36. The highest BCUT2D eigenvalue weighted by Crippen LogP contribution is 2.17. The molecule has 0 spiro atoms. The molecule has 0 aliphatic carbocycles. The Balaban J connectivity index is 2.02. The maximum atomic E-state index is 5.64. The van der Waals surface area contributed by atoms with Gasteiger partial charge in [-0.15, -0.1) is 0 Å². The molecule has 84 valence electrons. The van der Waals surface area contributed by atoms with Crippen molar-refractivity contribution in [3.05, 3.63) is 46.5 Å². The van der Waals surface area contributed by atoms with Crippen molar-refractivity contribution in [2.75, 3.05) is 0 Å². The van der Waals surface area contributed by atoms with E-state index < -0.39 is 0 Å². The van der Waals surface area contributed by atoms with Crippen LogP contribution < -0.4 is 4.74 Å². The number of nitrogens with zero attached hydrogens (tertiary/aromatic N) is 2. The molecule has 2 rings (SSSR count). The van der Waals surface area contributed by atoms with Crippen molar-refractivity contribution in [1.82, 2.24) is 9.55 Å². The summed E-state index contributed by atoms with van der Waals surface area (Å²) in [4.78, 5) is 4.28. The topological polar surface area (TPSA) is 27.1 Å². The van der Waals surface area contributed by atoms with E-state index >= 15 is 0 Å². The van der Waals surface area contributed by atoms with Gasteiger partial charge in [0, 0.05) is 23.4 Å². The average molecular weight is 281 g/mol. The Morgan fingerprint density at radius 2 is 2.00 bits per heavy atom. The molecule has 0 aliphatic heterocycles. The van der Waals surface area contributed by atoms with Crippen molar-refractivity contribution < 1.29 is 4.74 Å². The molecule has 0 saturated carbocycles. The molecule has 16 heavy (non-hydrogen) atoms. The van der Waals surface area contributed by atoms with Crippen LogP contribution >= 0.6 is 15.9 Å². The SMILES string of the molecule is Cc1cnc(COc2ccc(Br)cc2)n1C. The van der Waals surface area contributed by atoms with E-state index in [1.807, 2.05) is 49.0 Å². The van der Waals surface area contributed by atoms with Crippen molar-refractivity contribution >= 4 is 15.9 Å². The summed E-state index contributed by atoms with van der Waals surface area (Å²) in [6.45, 7) is 2.52. The molecule has 0 aliphatic rings. The summed E-state index contributed by atoms with van der Waals surface area (Å²) < 4.78 is 8.71. The molecule has 0 radical (unpaired) electrons. The summed E-state index contributed by atoms with van der Waals surface area (Å²) in [7, 11) is 1.99. The number of rotatable bonds is 3. The lowest BCUT2D eigenvalue weighted by atomic mass is 10.3. The number of hydrogen-bond donors (Lipinski definition) is 0. The Hall–Kier alpha value is -1.29. The summed E-state index contributed by atoms with van der Waals surface area (Å²) >= 11 is 3.38. The van der Waals surface area contributed by atoms with Gasteiger partial charge in [0.15, 0.2) is 0 Å². The zero-order valence-corrected chi connectivity index (χ0v) is 10.9. The van der Waals surface area contributed by atoms with Crippen LogP contribution in [0.3, 0.4) is 0 Å². The van der Waals surface area contributed by atoms with Crippen LogP contribution in [0.1, 0.15) is 11.5 Å². The molecule has 0 amide bonds. The predicted molar refractivity (Wildman–Crippen MR) is 66.4 cm³/mol. The van der Waals surface area contributed by atoms with E-state index in [2.05, 4.69) is 20.9 Å². The minimum absolute atomic E-state index is 0.492. The van der Waals surface area contributed by atoms with Crippen LogP contribution in [0.4, 0.5) is 0 Å². The van der Waals surface area contributed by atoms with Crippen molar-refractivity contribution in [3.8, 4) is 5.75 Å². The molecule has 0 fully saturated rings. The van der Waals surface area contributed by atoms with Gasteiger partial charge in [0.2, 0.25) is 0 Å². The maximum absolute atomic E-state index is 5.64. The second-order valence-corrected chi connectivity index (χ2v) is 4.53. The molecule has 0 N–H and O–H groups in total. The summed E-state index contributed by atoms with van der Waals surface area (Å²) in [5.74, 6) is 1.78. The third kappa shape index (κ3) is 2.44. The van der Waals surface area contributed by atoms with Crippen molar-refractivity contribution in [3.63, 3.8) is 0 Å². The first kappa shape index (κ1) is 11.2. The van der Waals surface area contributed by atoms with Gasteiger partial charge < -0.3 is 9.30 Å². The van der Waals surface area contributed by atoms with E-state index in [0.29, 0.717) is 6.61 Å². The van der Waals surface area contributed by atoms with E-state index in [1.165, 1.54) is 0 Å². The van der Waals surface area contributed by atoms with E-state index in [1.54, 1.807) is 0 Å². The molecule has 0 unspecified atom stereocenters. The molecule has 0 atom stereocenters. The zero-order valence-electron chi connectivity index (χ0n) is 9.27.